The third-order valence-electron chi connectivity index (χ3n) is 3.60. The fourth-order valence-electron chi connectivity index (χ4n) is 2.54. The Hall–Kier alpha value is -1.51. The molecule has 1 aromatic carbocycles. The van der Waals surface area contributed by atoms with Crippen molar-refractivity contribution < 1.29 is 9.90 Å². The van der Waals surface area contributed by atoms with Crippen LogP contribution in [0.5, 0.6) is 5.75 Å². The Bertz CT molecular complexity index is 395. The molecule has 1 saturated carbocycles. The minimum Gasteiger partial charge on any atom is -0.508 e. The van der Waals surface area contributed by atoms with Crippen LogP contribution in [-0.2, 0) is 11.3 Å². The second kappa shape index (κ2) is 6.43. The Labute approximate surface area is 108 Å². The number of nitrogens with one attached hydrogen (secondary N) is 1. The summed E-state index contributed by atoms with van der Waals surface area (Å²) in [5.41, 5.74) is 0.942. The average molecular weight is 247 g/mol. The molecule has 2 N–H and O–H groups in total. The molecule has 18 heavy (non-hydrogen) atoms. The van der Waals surface area contributed by atoms with E-state index in [2.05, 4.69) is 5.32 Å². The zero-order valence-corrected chi connectivity index (χ0v) is 10.7. The number of hydrogen-bond acceptors (Lipinski definition) is 2. The van der Waals surface area contributed by atoms with E-state index in [4.69, 9.17) is 0 Å². The molecule has 3 nitrogen and oxygen atoms in total. The number of benzene rings is 1. The van der Waals surface area contributed by atoms with Gasteiger partial charge >= 0.3 is 0 Å². The first-order valence-corrected chi connectivity index (χ1v) is 6.81. The smallest absolute Gasteiger partial charge is 0.223 e. The van der Waals surface area contributed by atoms with Crippen molar-refractivity contribution in [2.45, 2.75) is 45.1 Å². The van der Waals surface area contributed by atoms with E-state index in [0.29, 0.717) is 6.54 Å². The minimum atomic E-state index is 0.167. The summed E-state index contributed by atoms with van der Waals surface area (Å²) in [4.78, 5) is 12.0. The molecule has 1 amide bonds. The van der Waals surface area contributed by atoms with E-state index in [1.807, 2.05) is 6.07 Å². The molecule has 1 aliphatic carbocycles. The molecule has 1 aliphatic rings. The molecular formula is C15H21NO2. The van der Waals surface area contributed by atoms with Crippen molar-refractivity contribution in [3.8, 4) is 5.75 Å². The van der Waals surface area contributed by atoms with E-state index in [1.54, 1.807) is 18.2 Å². The van der Waals surface area contributed by atoms with Crippen LogP contribution < -0.4 is 5.32 Å². The van der Waals surface area contributed by atoms with Gasteiger partial charge in [0.2, 0.25) is 5.91 Å². The van der Waals surface area contributed by atoms with Crippen molar-refractivity contribution in [2.24, 2.45) is 5.92 Å². The van der Waals surface area contributed by atoms with Crippen molar-refractivity contribution in [3.63, 3.8) is 0 Å². The van der Waals surface area contributed by atoms with Crippen LogP contribution in [0.3, 0.4) is 0 Å². The summed E-state index contributed by atoms with van der Waals surface area (Å²) in [5, 5.41) is 12.3. The molecule has 0 aromatic heterocycles. The first-order valence-electron chi connectivity index (χ1n) is 6.81. The number of hydrogen-bond donors (Lipinski definition) is 2. The zero-order valence-electron chi connectivity index (χ0n) is 10.7. The van der Waals surface area contributed by atoms with Crippen molar-refractivity contribution >= 4 is 5.91 Å². The third-order valence-corrected chi connectivity index (χ3v) is 3.60. The Morgan fingerprint density at radius 3 is 2.61 bits per heavy atom. The second-order valence-electron chi connectivity index (χ2n) is 5.08. The minimum absolute atomic E-state index is 0.167. The maximum absolute atomic E-state index is 12.0. The molecule has 0 unspecified atom stereocenters. The number of amides is 1. The average Bonchev–Trinajstić information content (AvgIpc) is 2.65. The number of carbonyl (C=O) groups is 1. The van der Waals surface area contributed by atoms with Gasteiger partial charge in [-0.15, -0.1) is 0 Å². The van der Waals surface area contributed by atoms with Crippen LogP contribution in [0.25, 0.3) is 0 Å². The molecule has 0 radical (unpaired) electrons. The highest BCUT2D eigenvalue weighted by Gasteiger charge is 2.19. The van der Waals surface area contributed by atoms with Crippen LogP contribution in [0.15, 0.2) is 24.3 Å². The first-order chi connectivity index (χ1) is 8.75. The largest absolute Gasteiger partial charge is 0.508 e. The Morgan fingerprint density at radius 2 is 1.94 bits per heavy atom. The number of phenols is 1. The SMILES string of the molecule is O=C(NCc1cccc(O)c1)C1CCCCCC1. The van der Waals surface area contributed by atoms with Gasteiger partial charge in [0, 0.05) is 12.5 Å². The number of aromatic hydroxyl groups is 1. The molecule has 1 aromatic rings. The quantitative estimate of drug-likeness (QED) is 0.807. The van der Waals surface area contributed by atoms with Crippen LogP contribution in [0.1, 0.15) is 44.1 Å². The lowest BCUT2D eigenvalue weighted by molar-refractivity contribution is -0.125. The van der Waals surface area contributed by atoms with E-state index < -0.39 is 0 Å². The molecule has 0 spiro atoms. The van der Waals surface area contributed by atoms with Gasteiger partial charge in [0.1, 0.15) is 5.75 Å². The van der Waals surface area contributed by atoms with Crippen molar-refractivity contribution in [1.82, 2.24) is 5.32 Å². The molecule has 0 aliphatic heterocycles. The lowest BCUT2D eigenvalue weighted by atomic mass is 9.99. The van der Waals surface area contributed by atoms with Gasteiger partial charge in [-0.1, -0.05) is 37.8 Å². The van der Waals surface area contributed by atoms with E-state index in [1.165, 1.54) is 25.7 Å². The van der Waals surface area contributed by atoms with Crippen LogP contribution in [0.2, 0.25) is 0 Å². The van der Waals surface area contributed by atoms with Gasteiger partial charge in [-0.2, -0.15) is 0 Å². The summed E-state index contributed by atoms with van der Waals surface area (Å²) in [6.07, 6.45) is 6.90. The molecule has 0 bridgehead atoms. The molecule has 1 fully saturated rings. The van der Waals surface area contributed by atoms with Gasteiger partial charge in [-0.3, -0.25) is 4.79 Å². The molecule has 0 heterocycles. The Morgan fingerprint density at radius 1 is 1.22 bits per heavy atom. The fourth-order valence-corrected chi connectivity index (χ4v) is 2.54. The van der Waals surface area contributed by atoms with Gasteiger partial charge in [-0.25, -0.2) is 0 Å². The zero-order chi connectivity index (χ0) is 12.8. The van der Waals surface area contributed by atoms with Crippen LogP contribution >= 0.6 is 0 Å². The van der Waals surface area contributed by atoms with E-state index in [9.17, 15) is 9.90 Å². The van der Waals surface area contributed by atoms with Gasteiger partial charge in [0.25, 0.3) is 0 Å². The first kappa shape index (κ1) is 12.9. The highest BCUT2D eigenvalue weighted by atomic mass is 16.3. The lowest BCUT2D eigenvalue weighted by Crippen LogP contribution is -2.30. The van der Waals surface area contributed by atoms with Crippen LogP contribution in [0, 0.1) is 5.92 Å². The van der Waals surface area contributed by atoms with Gasteiger partial charge in [0.05, 0.1) is 0 Å². The van der Waals surface area contributed by atoms with Gasteiger partial charge < -0.3 is 10.4 Å². The van der Waals surface area contributed by atoms with Crippen molar-refractivity contribution in [3.05, 3.63) is 29.8 Å². The van der Waals surface area contributed by atoms with Gasteiger partial charge in [-0.05, 0) is 30.5 Å². The van der Waals surface area contributed by atoms with E-state index >= 15 is 0 Å². The summed E-state index contributed by atoms with van der Waals surface area (Å²) in [7, 11) is 0. The third kappa shape index (κ3) is 3.76. The second-order valence-corrected chi connectivity index (χ2v) is 5.08. The summed E-state index contributed by atoms with van der Waals surface area (Å²) >= 11 is 0. The summed E-state index contributed by atoms with van der Waals surface area (Å²) in [6, 6.07) is 7.03. The summed E-state index contributed by atoms with van der Waals surface area (Å²) < 4.78 is 0. The molecule has 0 atom stereocenters. The van der Waals surface area contributed by atoms with Crippen molar-refractivity contribution in [1.29, 1.82) is 0 Å². The Balaban J connectivity index is 1.83. The highest BCUT2D eigenvalue weighted by Crippen LogP contribution is 2.23. The maximum atomic E-state index is 12.0. The lowest BCUT2D eigenvalue weighted by Gasteiger charge is -2.14. The number of phenolic OH excluding ortho intramolecular Hbond substituents is 1. The maximum Gasteiger partial charge on any atom is 0.223 e. The molecular weight excluding hydrogens is 226 g/mol. The molecule has 98 valence electrons. The Kier molecular flexibility index (Phi) is 4.62. The number of carbonyl (C=O) groups excluding carboxylic acids is 1. The van der Waals surface area contributed by atoms with Gasteiger partial charge in [0.15, 0.2) is 0 Å². The fraction of sp³-hybridized carbons (Fsp3) is 0.533. The molecule has 2 rings (SSSR count). The van der Waals surface area contributed by atoms with E-state index in [-0.39, 0.29) is 17.6 Å². The predicted octanol–water partition coefficient (Wildman–Crippen LogP) is 2.98. The van der Waals surface area contributed by atoms with E-state index in [0.717, 1.165) is 18.4 Å². The number of rotatable bonds is 3. The van der Waals surface area contributed by atoms with Crippen LogP contribution in [-0.4, -0.2) is 11.0 Å². The van der Waals surface area contributed by atoms with Crippen molar-refractivity contribution in [2.75, 3.05) is 0 Å². The summed E-state index contributed by atoms with van der Waals surface area (Å²) in [6.45, 7) is 0.504. The topological polar surface area (TPSA) is 49.3 Å². The highest BCUT2D eigenvalue weighted by molar-refractivity contribution is 5.78. The molecule has 0 saturated heterocycles. The normalized spacial score (nSPS) is 17.1. The monoisotopic (exact) mass is 247 g/mol. The van der Waals surface area contributed by atoms with Crippen LogP contribution in [0.4, 0.5) is 0 Å². The molecule has 3 heteroatoms. The predicted molar refractivity (Wildman–Crippen MR) is 71.1 cm³/mol. The standard InChI is InChI=1S/C15H21NO2/c17-14-9-5-6-12(10-14)11-16-15(18)13-7-3-1-2-4-8-13/h5-6,9-10,13,17H,1-4,7-8,11H2,(H,16,18). The summed E-state index contributed by atoms with van der Waals surface area (Å²) in [5.74, 6) is 0.598.